The molecule has 0 saturated carbocycles. The average molecular weight is 585 g/mol. The second-order valence-corrected chi connectivity index (χ2v) is 12.8. The summed E-state index contributed by atoms with van der Waals surface area (Å²) in [7, 11) is -9.54. The molecule has 0 fully saturated rings. The zero-order valence-corrected chi connectivity index (χ0v) is 23.2. The summed E-state index contributed by atoms with van der Waals surface area (Å²) >= 11 is 0. The first-order chi connectivity index (χ1) is 18.3. The Morgan fingerprint density at radius 1 is 1.13 bits per heavy atom. The molecule has 0 amide bonds. The topological polar surface area (TPSA) is 220 Å². The van der Waals surface area contributed by atoms with E-state index in [1.54, 1.807) is 0 Å². The fraction of sp³-hybridized carbons (Fsp3) is 0.435. The number of allylic oxidation sites excluding steroid dienone is 1. The van der Waals surface area contributed by atoms with Crippen LogP contribution in [0.4, 0.5) is 5.82 Å². The zero-order chi connectivity index (χ0) is 28.8. The number of hydrogen-bond donors (Lipinski definition) is 7. The van der Waals surface area contributed by atoms with Crippen LogP contribution in [0.2, 0.25) is 0 Å². The minimum Gasteiger partial charge on any atom is -0.386 e. The highest BCUT2D eigenvalue weighted by Gasteiger charge is 2.34. The van der Waals surface area contributed by atoms with E-state index in [1.807, 2.05) is 37.3 Å². The van der Waals surface area contributed by atoms with E-state index in [1.165, 1.54) is 23.9 Å². The summed E-state index contributed by atoms with van der Waals surface area (Å²) in [5.74, 6) is -0.491. The van der Waals surface area contributed by atoms with E-state index in [-0.39, 0.29) is 11.2 Å². The molecule has 2 heterocycles. The van der Waals surface area contributed by atoms with Crippen LogP contribution in [-0.4, -0.2) is 74.2 Å². The molecule has 0 aliphatic carbocycles. The van der Waals surface area contributed by atoms with Crippen LogP contribution in [0.15, 0.2) is 48.3 Å². The molecule has 2 aromatic heterocycles. The predicted molar refractivity (Wildman–Crippen MR) is 143 cm³/mol. The van der Waals surface area contributed by atoms with Gasteiger partial charge in [0.15, 0.2) is 29.1 Å². The number of rotatable bonds is 14. The molecular formula is C23H33N5O9P2. The average Bonchev–Trinajstić information content (AvgIpc) is 3.30. The molecule has 7 N–H and O–H groups in total. The molecular weight excluding hydrogens is 552 g/mol. The second kappa shape index (κ2) is 13.2. The molecule has 39 heavy (non-hydrogen) atoms. The Bertz CT molecular complexity index is 1380. The van der Waals surface area contributed by atoms with Crippen molar-refractivity contribution in [1.82, 2.24) is 19.5 Å². The number of nitrogens with zero attached hydrogens (tertiary/aromatic N) is 4. The number of aromatic nitrogens is 4. The lowest BCUT2D eigenvalue weighted by atomic mass is 10.0. The van der Waals surface area contributed by atoms with Gasteiger partial charge in [0.1, 0.15) is 18.0 Å². The lowest BCUT2D eigenvalue weighted by Crippen LogP contribution is -2.37. The molecule has 0 saturated heterocycles. The molecule has 14 nitrogen and oxygen atoms in total. The van der Waals surface area contributed by atoms with Gasteiger partial charge in [0.25, 0.3) is 0 Å². The summed E-state index contributed by atoms with van der Waals surface area (Å²) < 4.78 is 28.9. The van der Waals surface area contributed by atoms with Crippen molar-refractivity contribution in [3.63, 3.8) is 0 Å². The molecule has 214 valence electrons. The molecule has 1 aromatic carbocycles. The third-order valence-corrected chi connectivity index (χ3v) is 9.14. The standard InChI is InChI=1S/C23H33N5O9P2/c1-3-8-17-26-21(24-11-15-9-6-5-7-10-15)18-22(27-17)28(13-25-18)23(31)20(30)19(29)16(4-2)12-37-39(35,36)14-38(32,33)34/h4-7,9-10,13,19-20,23,29-31H,3,8,11-12,14H2,1-2H3,(H,35,36)(H,24,26,27)(H2,32,33,34)/b16-4-/t19-,20-,23-/m1/s1. The Morgan fingerprint density at radius 3 is 2.44 bits per heavy atom. The van der Waals surface area contributed by atoms with Crippen molar-refractivity contribution in [2.24, 2.45) is 0 Å². The number of aliphatic hydroxyl groups excluding tert-OH is 3. The van der Waals surface area contributed by atoms with E-state index >= 15 is 0 Å². The van der Waals surface area contributed by atoms with Gasteiger partial charge >= 0.3 is 15.2 Å². The molecule has 3 rings (SSSR count). The first-order valence-corrected chi connectivity index (χ1v) is 15.6. The molecule has 0 aliphatic rings. The minimum absolute atomic E-state index is 0.0996. The van der Waals surface area contributed by atoms with Crippen LogP contribution in [0.1, 0.15) is 37.9 Å². The normalized spacial score (nSPS) is 16.6. The van der Waals surface area contributed by atoms with Gasteiger partial charge in [-0.1, -0.05) is 43.3 Å². The number of imidazole rings is 1. The Kier molecular flexibility index (Phi) is 10.5. The van der Waals surface area contributed by atoms with Gasteiger partial charge in [-0.25, -0.2) is 15.0 Å². The molecule has 1 unspecified atom stereocenters. The Morgan fingerprint density at radius 2 is 1.82 bits per heavy atom. The van der Waals surface area contributed by atoms with Crippen LogP contribution in [0, 0.1) is 0 Å². The van der Waals surface area contributed by atoms with Crippen molar-refractivity contribution in [2.45, 2.75) is 51.7 Å². The van der Waals surface area contributed by atoms with Gasteiger partial charge in [-0.2, -0.15) is 0 Å². The van der Waals surface area contributed by atoms with Gasteiger partial charge in [0, 0.05) is 13.0 Å². The summed E-state index contributed by atoms with van der Waals surface area (Å²) in [6.45, 7) is 3.14. The fourth-order valence-corrected chi connectivity index (χ4v) is 6.27. The molecule has 0 aliphatic heterocycles. The van der Waals surface area contributed by atoms with E-state index in [4.69, 9.17) is 14.3 Å². The Hall–Kier alpha value is -2.51. The minimum atomic E-state index is -4.84. The van der Waals surface area contributed by atoms with Crippen LogP contribution in [-0.2, 0) is 26.6 Å². The first kappa shape index (κ1) is 31.0. The fourth-order valence-electron chi connectivity index (χ4n) is 3.73. The number of nitrogens with one attached hydrogen (secondary N) is 1. The van der Waals surface area contributed by atoms with Gasteiger partial charge in [-0.3, -0.25) is 13.7 Å². The number of hydrogen-bond acceptors (Lipinski definition) is 10. The summed E-state index contributed by atoms with van der Waals surface area (Å²) in [6, 6.07) is 9.62. The van der Waals surface area contributed by atoms with E-state index in [9.17, 15) is 29.3 Å². The molecule has 0 spiro atoms. The number of benzene rings is 1. The summed E-state index contributed by atoms with van der Waals surface area (Å²) in [5.41, 5.74) is 1.45. The quantitative estimate of drug-likeness (QED) is 0.106. The van der Waals surface area contributed by atoms with Gasteiger partial charge in [0.2, 0.25) is 0 Å². The number of anilines is 1. The SMILES string of the molecule is C/C=C(/COP(=O)(O)CP(=O)(O)O)[C@@H](O)[C@@H](O)[C@@H](O)n1cnc2c(NCc3ccccc3)nc(CCC)nc21. The number of aryl methyl sites for hydroxylation is 1. The van der Waals surface area contributed by atoms with Crippen molar-refractivity contribution < 1.29 is 43.7 Å². The number of fused-ring (bicyclic) bond motifs is 1. The molecule has 0 bridgehead atoms. The van der Waals surface area contributed by atoms with Crippen molar-refractivity contribution >= 4 is 32.2 Å². The van der Waals surface area contributed by atoms with Crippen LogP contribution in [0.5, 0.6) is 0 Å². The molecule has 16 heteroatoms. The Balaban J connectivity index is 1.82. The molecule has 4 atom stereocenters. The highest BCUT2D eigenvalue weighted by Crippen LogP contribution is 2.55. The third-order valence-electron chi connectivity index (χ3n) is 5.70. The third kappa shape index (κ3) is 8.49. The van der Waals surface area contributed by atoms with Gasteiger partial charge in [0.05, 0.1) is 12.9 Å². The highest BCUT2D eigenvalue weighted by molar-refractivity contribution is 7.70. The van der Waals surface area contributed by atoms with Crippen molar-refractivity contribution in [3.8, 4) is 0 Å². The van der Waals surface area contributed by atoms with Crippen LogP contribution < -0.4 is 5.32 Å². The summed E-state index contributed by atoms with van der Waals surface area (Å²) in [6.07, 6.45) is -1.55. The molecule has 0 radical (unpaired) electrons. The van der Waals surface area contributed by atoms with E-state index in [2.05, 4.69) is 20.3 Å². The van der Waals surface area contributed by atoms with E-state index in [0.717, 1.165) is 12.0 Å². The lowest BCUT2D eigenvalue weighted by molar-refractivity contribution is -0.0795. The lowest BCUT2D eigenvalue weighted by Gasteiger charge is -2.26. The highest BCUT2D eigenvalue weighted by atomic mass is 31.2. The summed E-state index contributed by atoms with van der Waals surface area (Å²) in [5, 5.41) is 35.6. The van der Waals surface area contributed by atoms with Crippen molar-refractivity contribution in [2.75, 3.05) is 17.8 Å². The summed E-state index contributed by atoms with van der Waals surface area (Å²) in [4.78, 5) is 40.9. The van der Waals surface area contributed by atoms with Crippen LogP contribution >= 0.6 is 15.2 Å². The van der Waals surface area contributed by atoms with Crippen LogP contribution in [0.3, 0.4) is 0 Å². The maximum absolute atomic E-state index is 12.0. The smallest absolute Gasteiger partial charge is 0.340 e. The molecule has 3 aromatic rings. The van der Waals surface area contributed by atoms with Gasteiger partial charge in [-0.05, 0) is 24.5 Å². The van der Waals surface area contributed by atoms with E-state index < -0.39 is 46.1 Å². The van der Waals surface area contributed by atoms with Crippen molar-refractivity contribution in [3.05, 3.63) is 59.7 Å². The van der Waals surface area contributed by atoms with Gasteiger partial charge < -0.3 is 39.8 Å². The largest absolute Gasteiger partial charge is 0.386 e. The zero-order valence-electron chi connectivity index (χ0n) is 21.4. The van der Waals surface area contributed by atoms with Crippen LogP contribution in [0.25, 0.3) is 11.2 Å². The maximum atomic E-state index is 12.0. The number of aliphatic hydroxyl groups is 3. The second-order valence-electron chi connectivity index (χ2n) is 8.83. The first-order valence-electron chi connectivity index (χ1n) is 12.1. The predicted octanol–water partition coefficient (Wildman–Crippen LogP) is 1.89. The van der Waals surface area contributed by atoms with Gasteiger partial charge in [-0.15, -0.1) is 0 Å². The monoisotopic (exact) mass is 585 g/mol. The Labute approximate surface area is 224 Å². The van der Waals surface area contributed by atoms with Crippen molar-refractivity contribution in [1.29, 1.82) is 0 Å². The maximum Gasteiger partial charge on any atom is 0.340 e. The van der Waals surface area contributed by atoms with E-state index in [0.29, 0.717) is 30.1 Å².